The van der Waals surface area contributed by atoms with Crippen LogP contribution < -0.4 is 5.32 Å². The van der Waals surface area contributed by atoms with Crippen LogP contribution in [0.1, 0.15) is 40.5 Å². The fourth-order valence-corrected chi connectivity index (χ4v) is 3.46. The van der Waals surface area contributed by atoms with Gasteiger partial charge in [0.15, 0.2) is 0 Å². The lowest BCUT2D eigenvalue weighted by Crippen LogP contribution is -2.49. The van der Waals surface area contributed by atoms with Gasteiger partial charge in [-0.25, -0.2) is 13.2 Å². The zero-order valence-electron chi connectivity index (χ0n) is 13.7. The van der Waals surface area contributed by atoms with E-state index in [-0.39, 0.29) is 23.9 Å². The molecular weight excluding hydrogens is 292 g/mol. The fraction of sp³-hybridized carbons (Fsp3) is 0.929. The SMILES string of the molecule is CC(CS(C)(=O)=O)NC1CCN(C(=O)OC(C)(C)C)CC1. The maximum atomic E-state index is 11.9. The van der Waals surface area contributed by atoms with E-state index < -0.39 is 15.4 Å². The maximum absolute atomic E-state index is 11.9. The molecule has 1 heterocycles. The van der Waals surface area contributed by atoms with E-state index in [1.165, 1.54) is 6.26 Å². The van der Waals surface area contributed by atoms with Crippen molar-refractivity contribution in [2.75, 3.05) is 25.1 Å². The number of hydrogen-bond donors (Lipinski definition) is 1. The Morgan fingerprint density at radius 1 is 1.33 bits per heavy atom. The molecule has 1 rings (SSSR count). The van der Waals surface area contributed by atoms with E-state index in [0.717, 1.165) is 12.8 Å². The molecule has 0 spiro atoms. The van der Waals surface area contributed by atoms with Crippen LogP contribution in [0, 0.1) is 0 Å². The van der Waals surface area contributed by atoms with Gasteiger partial charge in [0, 0.05) is 31.4 Å². The zero-order valence-corrected chi connectivity index (χ0v) is 14.5. The van der Waals surface area contributed by atoms with E-state index in [1.54, 1.807) is 4.90 Å². The summed E-state index contributed by atoms with van der Waals surface area (Å²) >= 11 is 0. The van der Waals surface area contributed by atoms with Gasteiger partial charge < -0.3 is 15.0 Å². The van der Waals surface area contributed by atoms with Crippen molar-refractivity contribution < 1.29 is 17.9 Å². The van der Waals surface area contributed by atoms with Crippen molar-refractivity contribution in [3.8, 4) is 0 Å². The molecule has 1 amide bonds. The third-order valence-electron chi connectivity index (χ3n) is 3.22. The number of nitrogens with one attached hydrogen (secondary N) is 1. The Morgan fingerprint density at radius 3 is 2.29 bits per heavy atom. The predicted molar refractivity (Wildman–Crippen MR) is 83.1 cm³/mol. The average molecular weight is 320 g/mol. The van der Waals surface area contributed by atoms with Crippen molar-refractivity contribution in [3.63, 3.8) is 0 Å². The number of amides is 1. The molecule has 0 aromatic rings. The van der Waals surface area contributed by atoms with Crippen LogP contribution in [0.5, 0.6) is 0 Å². The molecule has 6 nitrogen and oxygen atoms in total. The molecule has 1 aliphatic heterocycles. The summed E-state index contributed by atoms with van der Waals surface area (Å²) in [5.41, 5.74) is -0.476. The number of piperidine rings is 1. The summed E-state index contributed by atoms with van der Waals surface area (Å²) in [5.74, 6) is 0.138. The molecular formula is C14H28N2O4S. The van der Waals surface area contributed by atoms with Crippen LogP contribution in [0.3, 0.4) is 0 Å². The molecule has 1 saturated heterocycles. The van der Waals surface area contributed by atoms with Gasteiger partial charge in [-0.3, -0.25) is 0 Å². The highest BCUT2D eigenvalue weighted by Gasteiger charge is 2.27. The van der Waals surface area contributed by atoms with E-state index >= 15 is 0 Å². The summed E-state index contributed by atoms with van der Waals surface area (Å²) in [7, 11) is -2.97. The fourth-order valence-electron chi connectivity index (χ4n) is 2.46. The lowest BCUT2D eigenvalue weighted by molar-refractivity contribution is 0.0197. The summed E-state index contributed by atoms with van der Waals surface area (Å²) in [5, 5.41) is 3.33. The molecule has 124 valence electrons. The number of carbonyl (C=O) groups is 1. The smallest absolute Gasteiger partial charge is 0.410 e. The number of likely N-dealkylation sites (tertiary alicyclic amines) is 1. The minimum absolute atomic E-state index is 0.0712. The second kappa shape index (κ2) is 6.96. The number of ether oxygens (including phenoxy) is 1. The predicted octanol–water partition coefficient (Wildman–Crippen LogP) is 1.41. The summed E-state index contributed by atoms with van der Waals surface area (Å²) in [6.07, 6.45) is 2.60. The van der Waals surface area contributed by atoms with E-state index in [1.807, 2.05) is 27.7 Å². The van der Waals surface area contributed by atoms with E-state index in [4.69, 9.17) is 4.74 Å². The first-order chi connectivity index (χ1) is 9.46. The second-order valence-corrected chi connectivity index (χ2v) is 9.09. The second-order valence-electron chi connectivity index (χ2n) is 6.90. The van der Waals surface area contributed by atoms with Gasteiger partial charge in [-0.15, -0.1) is 0 Å². The number of hydrogen-bond acceptors (Lipinski definition) is 5. The Bertz CT molecular complexity index is 448. The van der Waals surface area contributed by atoms with Crippen molar-refractivity contribution in [3.05, 3.63) is 0 Å². The normalized spacial score (nSPS) is 19.4. The number of sulfone groups is 1. The van der Waals surface area contributed by atoms with Crippen LogP contribution in [0.2, 0.25) is 0 Å². The van der Waals surface area contributed by atoms with Gasteiger partial charge in [0.05, 0.1) is 5.75 Å². The van der Waals surface area contributed by atoms with E-state index in [2.05, 4.69) is 5.32 Å². The Hall–Kier alpha value is -0.820. The summed E-state index contributed by atoms with van der Waals surface area (Å²) < 4.78 is 27.8. The van der Waals surface area contributed by atoms with Gasteiger partial charge in [0.1, 0.15) is 15.4 Å². The van der Waals surface area contributed by atoms with Crippen molar-refractivity contribution in [1.29, 1.82) is 0 Å². The Labute approximate surface area is 128 Å². The van der Waals surface area contributed by atoms with Crippen LogP contribution in [0.25, 0.3) is 0 Å². The molecule has 1 N–H and O–H groups in total. The molecule has 1 atom stereocenters. The minimum atomic E-state index is -2.97. The largest absolute Gasteiger partial charge is 0.444 e. The highest BCUT2D eigenvalue weighted by atomic mass is 32.2. The maximum Gasteiger partial charge on any atom is 0.410 e. The van der Waals surface area contributed by atoms with Crippen molar-refractivity contribution >= 4 is 15.9 Å². The third kappa shape index (κ3) is 7.66. The van der Waals surface area contributed by atoms with Crippen LogP contribution >= 0.6 is 0 Å². The van der Waals surface area contributed by atoms with Crippen LogP contribution in [0.4, 0.5) is 4.79 Å². The summed E-state index contributed by atoms with van der Waals surface area (Å²) in [6, 6.07) is 0.179. The van der Waals surface area contributed by atoms with Crippen molar-refractivity contribution in [1.82, 2.24) is 10.2 Å². The molecule has 1 fully saturated rings. The van der Waals surface area contributed by atoms with Gasteiger partial charge >= 0.3 is 6.09 Å². The third-order valence-corrected chi connectivity index (χ3v) is 4.33. The van der Waals surface area contributed by atoms with E-state index in [0.29, 0.717) is 13.1 Å². The number of nitrogens with zero attached hydrogens (tertiary/aromatic N) is 1. The molecule has 7 heteroatoms. The molecule has 0 aromatic carbocycles. The lowest BCUT2D eigenvalue weighted by Gasteiger charge is -2.34. The Kier molecular flexibility index (Phi) is 6.04. The molecule has 0 radical (unpaired) electrons. The molecule has 0 bridgehead atoms. The molecule has 0 aliphatic carbocycles. The molecule has 0 aromatic heterocycles. The van der Waals surface area contributed by atoms with E-state index in [9.17, 15) is 13.2 Å². The highest BCUT2D eigenvalue weighted by Crippen LogP contribution is 2.15. The number of rotatable bonds is 4. The first-order valence-electron chi connectivity index (χ1n) is 7.38. The molecule has 21 heavy (non-hydrogen) atoms. The Balaban J connectivity index is 2.37. The molecule has 1 aliphatic rings. The van der Waals surface area contributed by atoms with Gasteiger partial charge in [-0.05, 0) is 40.5 Å². The standard InChI is InChI=1S/C14H28N2O4S/c1-11(10-21(5,18)19)15-12-6-8-16(9-7-12)13(17)20-14(2,3)4/h11-12,15H,6-10H2,1-5H3. The molecule has 1 unspecified atom stereocenters. The Morgan fingerprint density at radius 2 is 1.86 bits per heavy atom. The van der Waals surface area contributed by atoms with Gasteiger partial charge in [-0.1, -0.05) is 0 Å². The first kappa shape index (κ1) is 18.2. The molecule has 0 saturated carbocycles. The van der Waals surface area contributed by atoms with Gasteiger partial charge in [0.2, 0.25) is 0 Å². The topological polar surface area (TPSA) is 75.7 Å². The van der Waals surface area contributed by atoms with Gasteiger partial charge in [-0.2, -0.15) is 0 Å². The van der Waals surface area contributed by atoms with Crippen LogP contribution in [-0.4, -0.2) is 62.2 Å². The van der Waals surface area contributed by atoms with Gasteiger partial charge in [0.25, 0.3) is 0 Å². The zero-order chi connectivity index (χ0) is 16.3. The minimum Gasteiger partial charge on any atom is -0.444 e. The van der Waals surface area contributed by atoms with Crippen molar-refractivity contribution in [2.24, 2.45) is 0 Å². The first-order valence-corrected chi connectivity index (χ1v) is 9.44. The summed E-state index contributed by atoms with van der Waals surface area (Å²) in [4.78, 5) is 13.6. The summed E-state index contributed by atoms with van der Waals surface area (Å²) in [6.45, 7) is 8.71. The highest BCUT2D eigenvalue weighted by molar-refractivity contribution is 7.90. The quantitative estimate of drug-likeness (QED) is 0.847. The lowest BCUT2D eigenvalue weighted by atomic mass is 10.0. The van der Waals surface area contributed by atoms with Crippen molar-refractivity contribution in [2.45, 2.75) is 58.2 Å². The van der Waals surface area contributed by atoms with Crippen LogP contribution in [0.15, 0.2) is 0 Å². The number of carbonyl (C=O) groups excluding carboxylic acids is 1. The monoisotopic (exact) mass is 320 g/mol. The van der Waals surface area contributed by atoms with Crippen LogP contribution in [-0.2, 0) is 14.6 Å². The average Bonchev–Trinajstić information content (AvgIpc) is 2.24.